The van der Waals surface area contributed by atoms with E-state index < -0.39 is 5.60 Å². The van der Waals surface area contributed by atoms with Crippen LogP contribution in [0.1, 0.15) is 33.1 Å². The van der Waals surface area contributed by atoms with Crippen molar-refractivity contribution in [2.75, 3.05) is 33.3 Å². The Morgan fingerprint density at radius 1 is 1.21 bits per heavy atom. The number of carbonyl (C=O) groups is 1. The van der Waals surface area contributed by atoms with Gasteiger partial charge in [-0.15, -0.1) is 0 Å². The van der Waals surface area contributed by atoms with Gasteiger partial charge in [-0.05, 0) is 46.2 Å². The highest BCUT2D eigenvalue weighted by Crippen LogP contribution is 2.23. The molecular weight excluding hydrogens is 242 g/mol. The summed E-state index contributed by atoms with van der Waals surface area (Å²) in [6.07, 6.45) is 3.22. The van der Waals surface area contributed by atoms with Crippen molar-refractivity contribution in [2.45, 2.75) is 50.8 Å². The molecule has 2 heterocycles. The molecule has 2 fully saturated rings. The van der Waals surface area contributed by atoms with Crippen molar-refractivity contribution in [2.24, 2.45) is 5.73 Å². The maximum Gasteiger partial charge on any atom is 0.254 e. The van der Waals surface area contributed by atoms with Gasteiger partial charge in [-0.2, -0.15) is 0 Å². The number of likely N-dealkylation sites (tertiary alicyclic amines) is 2. The SMILES string of the molecule is COC(C)(C)C(=O)N1CCC(N2CCC(N)CC2)C1. The quantitative estimate of drug-likeness (QED) is 0.807. The summed E-state index contributed by atoms with van der Waals surface area (Å²) in [5.74, 6) is 0.103. The first kappa shape index (κ1) is 14.8. The van der Waals surface area contributed by atoms with Crippen molar-refractivity contribution in [3.05, 3.63) is 0 Å². The summed E-state index contributed by atoms with van der Waals surface area (Å²) in [6.45, 7) is 7.49. The van der Waals surface area contributed by atoms with E-state index in [0.29, 0.717) is 12.1 Å². The predicted molar refractivity (Wildman–Crippen MR) is 74.9 cm³/mol. The Kier molecular flexibility index (Phi) is 4.48. The molecule has 19 heavy (non-hydrogen) atoms. The number of methoxy groups -OCH3 is 1. The fourth-order valence-electron chi connectivity index (χ4n) is 2.98. The van der Waals surface area contributed by atoms with E-state index in [1.807, 2.05) is 18.7 Å². The monoisotopic (exact) mass is 269 g/mol. The molecule has 2 rings (SSSR count). The van der Waals surface area contributed by atoms with E-state index in [-0.39, 0.29) is 5.91 Å². The van der Waals surface area contributed by atoms with Crippen LogP contribution in [0.15, 0.2) is 0 Å². The minimum Gasteiger partial charge on any atom is -0.369 e. The molecule has 5 heteroatoms. The van der Waals surface area contributed by atoms with Gasteiger partial charge in [0.2, 0.25) is 0 Å². The second-order valence-corrected chi connectivity index (χ2v) is 6.28. The van der Waals surface area contributed by atoms with Crippen LogP contribution < -0.4 is 5.73 Å². The van der Waals surface area contributed by atoms with Crippen LogP contribution in [0.5, 0.6) is 0 Å². The van der Waals surface area contributed by atoms with E-state index in [9.17, 15) is 4.79 Å². The molecule has 0 saturated carbocycles. The minimum absolute atomic E-state index is 0.103. The number of amides is 1. The van der Waals surface area contributed by atoms with Crippen molar-refractivity contribution >= 4 is 5.91 Å². The van der Waals surface area contributed by atoms with Crippen molar-refractivity contribution < 1.29 is 9.53 Å². The zero-order valence-corrected chi connectivity index (χ0v) is 12.4. The molecule has 0 aromatic carbocycles. The largest absolute Gasteiger partial charge is 0.369 e. The Morgan fingerprint density at radius 2 is 1.84 bits per heavy atom. The van der Waals surface area contributed by atoms with Crippen molar-refractivity contribution in [3.63, 3.8) is 0 Å². The fourth-order valence-corrected chi connectivity index (χ4v) is 2.98. The third-order valence-electron chi connectivity index (χ3n) is 4.57. The lowest BCUT2D eigenvalue weighted by Crippen LogP contribution is -2.49. The molecule has 1 atom stereocenters. The molecule has 0 spiro atoms. The first-order valence-electron chi connectivity index (χ1n) is 7.28. The second-order valence-electron chi connectivity index (χ2n) is 6.28. The molecule has 0 radical (unpaired) electrons. The number of nitrogens with two attached hydrogens (primary N) is 1. The summed E-state index contributed by atoms with van der Waals surface area (Å²) in [5.41, 5.74) is 5.23. The van der Waals surface area contributed by atoms with Gasteiger partial charge in [0.1, 0.15) is 5.60 Å². The van der Waals surface area contributed by atoms with Gasteiger partial charge < -0.3 is 15.4 Å². The smallest absolute Gasteiger partial charge is 0.254 e. The summed E-state index contributed by atoms with van der Waals surface area (Å²) in [4.78, 5) is 16.8. The van der Waals surface area contributed by atoms with Crippen LogP contribution in [-0.4, -0.2) is 66.7 Å². The molecule has 2 N–H and O–H groups in total. The molecule has 2 aliphatic rings. The number of rotatable bonds is 3. The Labute approximate surface area is 116 Å². The Morgan fingerprint density at radius 3 is 2.42 bits per heavy atom. The Hall–Kier alpha value is -0.650. The van der Waals surface area contributed by atoms with E-state index in [1.54, 1.807) is 7.11 Å². The summed E-state index contributed by atoms with van der Waals surface area (Å²) >= 11 is 0. The van der Waals surface area contributed by atoms with Gasteiger partial charge in [-0.1, -0.05) is 0 Å². The van der Waals surface area contributed by atoms with Gasteiger partial charge in [0.05, 0.1) is 0 Å². The molecule has 0 aliphatic carbocycles. The van der Waals surface area contributed by atoms with Crippen LogP contribution in [0.25, 0.3) is 0 Å². The number of piperidine rings is 1. The highest BCUT2D eigenvalue weighted by atomic mass is 16.5. The van der Waals surface area contributed by atoms with Crippen molar-refractivity contribution in [1.29, 1.82) is 0 Å². The number of hydrogen-bond donors (Lipinski definition) is 1. The Bertz CT molecular complexity index is 325. The molecule has 2 aliphatic heterocycles. The third kappa shape index (κ3) is 3.27. The van der Waals surface area contributed by atoms with Crippen LogP contribution in [-0.2, 0) is 9.53 Å². The fraction of sp³-hybridized carbons (Fsp3) is 0.929. The predicted octanol–water partition coefficient (Wildman–Crippen LogP) is 0.435. The molecule has 0 bridgehead atoms. The molecule has 110 valence electrons. The maximum atomic E-state index is 12.3. The van der Waals surface area contributed by atoms with Crippen LogP contribution in [0.4, 0.5) is 0 Å². The van der Waals surface area contributed by atoms with E-state index in [0.717, 1.165) is 45.4 Å². The van der Waals surface area contributed by atoms with Gasteiger partial charge >= 0.3 is 0 Å². The lowest BCUT2D eigenvalue weighted by atomic mass is 10.0. The van der Waals surface area contributed by atoms with E-state index in [4.69, 9.17) is 10.5 Å². The van der Waals surface area contributed by atoms with Crippen molar-refractivity contribution in [1.82, 2.24) is 9.80 Å². The Balaban J connectivity index is 1.88. The van der Waals surface area contributed by atoms with E-state index in [1.165, 1.54) is 0 Å². The first-order valence-corrected chi connectivity index (χ1v) is 7.28. The average Bonchev–Trinajstić information content (AvgIpc) is 2.88. The maximum absolute atomic E-state index is 12.3. The van der Waals surface area contributed by atoms with Gasteiger partial charge in [0.25, 0.3) is 5.91 Å². The summed E-state index contributed by atoms with van der Waals surface area (Å²) < 4.78 is 5.29. The number of carbonyl (C=O) groups excluding carboxylic acids is 1. The molecule has 1 amide bonds. The van der Waals surface area contributed by atoms with E-state index in [2.05, 4.69) is 4.90 Å². The standard InChI is InChI=1S/C14H27N3O2/c1-14(2,19-3)13(18)17-9-6-12(10-17)16-7-4-11(15)5-8-16/h11-12H,4-10,15H2,1-3H3. The number of nitrogens with zero attached hydrogens (tertiary/aromatic N) is 2. The second kappa shape index (κ2) is 5.77. The summed E-state index contributed by atoms with van der Waals surface area (Å²) in [6, 6.07) is 0.868. The van der Waals surface area contributed by atoms with Crippen molar-refractivity contribution in [3.8, 4) is 0 Å². The molecule has 5 nitrogen and oxygen atoms in total. The average molecular weight is 269 g/mol. The first-order chi connectivity index (χ1) is 8.94. The minimum atomic E-state index is -0.709. The van der Waals surface area contributed by atoms with Gasteiger partial charge in [0, 0.05) is 32.3 Å². The lowest BCUT2D eigenvalue weighted by Gasteiger charge is -2.35. The molecular formula is C14H27N3O2. The molecule has 1 unspecified atom stereocenters. The summed E-state index contributed by atoms with van der Waals surface area (Å²) in [7, 11) is 1.59. The van der Waals surface area contributed by atoms with E-state index >= 15 is 0 Å². The summed E-state index contributed by atoms with van der Waals surface area (Å²) in [5, 5.41) is 0. The third-order valence-corrected chi connectivity index (χ3v) is 4.57. The molecule has 2 saturated heterocycles. The highest BCUT2D eigenvalue weighted by Gasteiger charge is 2.37. The lowest BCUT2D eigenvalue weighted by molar-refractivity contribution is -0.150. The zero-order chi connectivity index (χ0) is 14.0. The normalized spacial score (nSPS) is 26.9. The highest BCUT2D eigenvalue weighted by molar-refractivity contribution is 5.84. The topological polar surface area (TPSA) is 58.8 Å². The van der Waals surface area contributed by atoms with Crippen LogP contribution >= 0.6 is 0 Å². The van der Waals surface area contributed by atoms with Crippen LogP contribution in [0, 0.1) is 0 Å². The van der Waals surface area contributed by atoms with Crippen LogP contribution in [0.2, 0.25) is 0 Å². The van der Waals surface area contributed by atoms with Crippen LogP contribution in [0.3, 0.4) is 0 Å². The number of ether oxygens (including phenoxy) is 1. The van der Waals surface area contributed by atoms with Gasteiger partial charge in [-0.3, -0.25) is 9.69 Å². The van der Waals surface area contributed by atoms with Gasteiger partial charge in [0.15, 0.2) is 0 Å². The number of hydrogen-bond acceptors (Lipinski definition) is 4. The molecule has 0 aromatic rings. The van der Waals surface area contributed by atoms with Gasteiger partial charge in [-0.25, -0.2) is 0 Å². The molecule has 0 aromatic heterocycles. The zero-order valence-electron chi connectivity index (χ0n) is 12.4.